The van der Waals surface area contributed by atoms with Crippen molar-refractivity contribution in [2.75, 3.05) is 14.2 Å². The van der Waals surface area contributed by atoms with Crippen molar-refractivity contribution in [2.24, 2.45) is 0 Å². The maximum absolute atomic E-state index is 13.5. The molecular weight excluding hydrogens is 406 g/mol. The van der Waals surface area contributed by atoms with Crippen LogP contribution in [0.3, 0.4) is 0 Å². The molecular formula is C25H21N3O4. The number of ether oxygens (including phenoxy) is 1. The molecule has 0 fully saturated rings. The van der Waals surface area contributed by atoms with Crippen molar-refractivity contribution in [1.82, 2.24) is 15.0 Å². The number of nitrogens with zero attached hydrogens (tertiary/aromatic N) is 3. The number of rotatable bonds is 5. The first kappa shape index (κ1) is 19.8. The molecule has 0 spiro atoms. The second-order valence-electron chi connectivity index (χ2n) is 7.69. The Bertz CT molecular complexity index is 1440. The molecule has 0 radical (unpaired) electrons. The summed E-state index contributed by atoms with van der Waals surface area (Å²) in [6.07, 6.45) is 1.57. The van der Waals surface area contributed by atoms with E-state index >= 15 is 0 Å². The molecule has 0 aliphatic heterocycles. The first-order valence-electron chi connectivity index (χ1n) is 10.2. The highest BCUT2D eigenvalue weighted by Crippen LogP contribution is 2.29. The third kappa shape index (κ3) is 3.47. The fourth-order valence-electron chi connectivity index (χ4n) is 3.86. The number of carbonyl (C=O) groups is 1. The van der Waals surface area contributed by atoms with Crippen molar-refractivity contribution >= 4 is 27.8 Å². The number of methoxy groups -OCH3 is 1. The predicted molar refractivity (Wildman–Crippen MR) is 121 cm³/mol. The highest BCUT2D eigenvalue weighted by Gasteiger charge is 2.22. The third-order valence-electron chi connectivity index (χ3n) is 5.50. The second-order valence-corrected chi connectivity index (χ2v) is 7.69. The van der Waals surface area contributed by atoms with Gasteiger partial charge in [-0.25, -0.2) is 4.98 Å². The number of benzene rings is 2. The van der Waals surface area contributed by atoms with Crippen molar-refractivity contribution in [3.63, 3.8) is 0 Å². The monoisotopic (exact) mass is 427 g/mol. The number of carbonyl (C=O) groups excluding carboxylic acids is 1. The maximum atomic E-state index is 13.5. The number of aryl methyl sites for hydroxylation is 1. The summed E-state index contributed by atoms with van der Waals surface area (Å²) in [6.45, 7) is 2.25. The van der Waals surface area contributed by atoms with Crippen LogP contribution in [-0.2, 0) is 6.54 Å². The highest BCUT2D eigenvalue weighted by atomic mass is 16.5. The van der Waals surface area contributed by atoms with Crippen LogP contribution < -0.4 is 4.74 Å². The summed E-state index contributed by atoms with van der Waals surface area (Å²) in [7, 11) is 3.43. The summed E-state index contributed by atoms with van der Waals surface area (Å²) in [6, 6.07) is 17.4. The number of amides is 1. The molecule has 3 aromatic heterocycles. The van der Waals surface area contributed by atoms with E-state index in [1.807, 2.05) is 30.3 Å². The van der Waals surface area contributed by atoms with E-state index in [0.717, 1.165) is 22.1 Å². The van der Waals surface area contributed by atoms with E-state index < -0.39 is 0 Å². The molecule has 3 heterocycles. The molecule has 1 amide bonds. The maximum Gasteiger partial charge on any atom is 0.259 e. The van der Waals surface area contributed by atoms with Gasteiger partial charge >= 0.3 is 0 Å². The molecule has 0 saturated heterocycles. The van der Waals surface area contributed by atoms with Crippen molar-refractivity contribution in [1.29, 1.82) is 0 Å². The Kier molecular flexibility index (Phi) is 4.86. The Morgan fingerprint density at radius 2 is 1.91 bits per heavy atom. The van der Waals surface area contributed by atoms with Crippen LogP contribution in [0, 0.1) is 6.92 Å². The van der Waals surface area contributed by atoms with Gasteiger partial charge in [-0.05, 0) is 59.7 Å². The van der Waals surface area contributed by atoms with Gasteiger partial charge in [-0.15, -0.1) is 0 Å². The van der Waals surface area contributed by atoms with Gasteiger partial charge in [-0.2, -0.15) is 0 Å². The van der Waals surface area contributed by atoms with Gasteiger partial charge in [0.15, 0.2) is 5.76 Å². The Labute approximate surface area is 184 Å². The smallest absolute Gasteiger partial charge is 0.259 e. The van der Waals surface area contributed by atoms with Crippen molar-refractivity contribution in [3.05, 3.63) is 77.7 Å². The molecule has 7 heteroatoms. The molecule has 0 aliphatic rings. The summed E-state index contributed by atoms with van der Waals surface area (Å²) in [5.74, 6) is 1.23. The minimum atomic E-state index is -0.147. The predicted octanol–water partition coefficient (Wildman–Crippen LogP) is 5.23. The molecule has 0 aliphatic carbocycles. The Morgan fingerprint density at radius 1 is 1.09 bits per heavy atom. The SMILES string of the molecule is COc1ccc2cc(CN(C)C(=O)c3cc(-c4ccco4)nc4onc(C)c34)ccc2c1. The number of fused-ring (bicyclic) bond motifs is 2. The zero-order chi connectivity index (χ0) is 22.2. The van der Waals surface area contributed by atoms with Gasteiger partial charge in [0.2, 0.25) is 0 Å². The van der Waals surface area contributed by atoms with Gasteiger partial charge in [-0.1, -0.05) is 23.4 Å². The van der Waals surface area contributed by atoms with Crippen molar-refractivity contribution in [2.45, 2.75) is 13.5 Å². The molecule has 0 saturated carbocycles. The normalized spacial score (nSPS) is 11.2. The minimum absolute atomic E-state index is 0.147. The first-order chi connectivity index (χ1) is 15.5. The van der Waals surface area contributed by atoms with Gasteiger partial charge in [0.05, 0.1) is 30.0 Å². The Hall–Kier alpha value is -4.13. The average Bonchev–Trinajstić information content (AvgIpc) is 3.48. The lowest BCUT2D eigenvalue weighted by Crippen LogP contribution is -2.26. The summed E-state index contributed by atoms with van der Waals surface area (Å²) >= 11 is 0. The molecule has 0 unspecified atom stereocenters. The van der Waals surface area contributed by atoms with Crippen LogP contribution in [-0.4, -0.2) is 35.1 Å². The quantitative estimate of drug-likeness (QED) is 0.382. The van der Waals surface area contributed by atoms with Crippen LogP contribution in [0.4, 0.5) is 0 Å². The lowest BCUT2D eigenvalue weighted by molar-refractivity contribution is 0.0787. The van der Waals surface area contributed by atoms with Crippen LogP contribution >= 0.6 is 0 Å². The van der Waals surface area contributed by atoms with Crippen molar-refractivity contribution in [3.8, 4) is 17.2 Å². The van der Waals surface area contributed by atoms with E-state index in [9.17, 15) is 4.79 Å². The molecule has 0 N–H and O–H groups in total. The van der Waals surface area contributed by atoms with E-state index in [-0.39, 0.29) is 5.91 Å². The molecule has 2 aromatic carbocycles. The standard InChI is InChI=1S/C25H21N3O4/c1-15-23-20(13-21(22-5-4-10-31-22)26-24(23)32-27-15)25(29)28(2)14-16-6-7-18-12-19(30-3)9-8-17(18)11-16/h4-13H,14H2,1-3H3. The topological polar surface area (TPSA) is 81.6 Å². The van der Waals surface area contributed by atoms with Gasteiger partial charge in [0.25, 0.3) is 11.6 Å². The van der Waals surface area contributed by atoms with Gasteiger partial charge in [0.1, 0.15) is 11.4 Å². The molecule has 0 bridgehead atoms. The van der Waals surface area contributed by atoms with Gasteiger partial charge in [-0.3, -0.25) is 4.79 Å². The zero-order valence-electron chi connectivity index (χ0n) is 18.0. The van der Waals surface area contributed by atoms with Crippen LogP contribution in [0.5, 0.6) is 5.75 Å². The molecule has 160 valence electrons. The average molecular weight is 427 g/mol. The van der Waals surface area contributed by atoms with Crippen LogP contribution in [0.2, 0.25) is 0 Å². The first-order valence-corrected chi connectivity index (χ1v) is 10.2. The fraction of sp³-hybridized carbons (Fsp3) is 0.160. The molecule has 5 rings (SSSR count). The molecule has 0 atom stereocenters. The third-order valence-corrected chi connectivity index (χ3v) is 5.50. The Morgan fingerprint density at radius 3 is 2.69 bits per heavy atom. The van der Waals surface area contributed by atoms with Gasteiger partial charge < -0.3 is 18.6 Å². The summed E-state index contributed by atoms with van der Waals surface area (Å²) in [4.78, 5) is 19.6. The second kappa shape index (κ2) is 7.85. The van der Waals surface area contributed by atoms with E-state index in [1.54, 1.807) is 50.4 Å². The number of hydrogen-bond donors (Lipinski definition) is 0. The number of pyridine rings is 1. The lowest BCUT2D eigenvalue weighted by Gasteiger charge is -2.18. The van der Waals surface area contributed by atoms with Crippen molar-refractivity contribution < 1.29 is 18.5 Å². The summed E-state index contributed by atoms with van der Waals surface area (Å²) < 4.78 is 16.1. The van der Waals surface area contributed by atoms with Gasteiger partial charge in [0, 0.05) is 13.6 Å². The summed E-state index contributed by atoms with van der Waals surface area (Å²) in [5, 5.41) is 6.79. The van der Waals surface area contributed by atoms with Crippen LogP contribution in [0.1, 0.15) is 21.6 Å². The van der Waals surface area contributed by atoms with Crippen LogP contribution in [0.15, 0.2) is 69.8 Å². The number of hydrogen-bond acceptors (Lipinski definition) is 6. The van der Waals surface area contributed by atoms with Crippen LogP contribution in [0.25, 0.3) is 33.3 Å². The van der Waals surface area contributed by atoms with E-state index in [0.29, 0.717) is 40.4 Å². The minimum Gasteiger partial charge on any atom is -0.497 e. The molecule has 7 nitrogen and oxygen atoms in total. The fourth-order valence-corrected chi connectivity index (χ4v) is 3.86. The molecule has 32 heavy (non-hydrogen) atoms. The Balaban J connectivity index is 1.48. The number of furan rings is 1. The van der Waals surface area contributed by atoms with E-state index in [1.165, 1.54) is 0 Å². The highest BCUT2D eigenvalue weighted by molar-refractivity contribution is 6.06. The number of aromatic nitrogens is 2. The van der Waals surface area contributed by atoms with E-state index in [4.69, 9.17) is 13.7 Å². The molecule has 5 aromatic rings. The summed E-state index contributed by atoms with van der Waals surface area (Å²) in [5.41, 5.74) is 2.96. The zero-order valence-corrected chi connectivity index (χ0v) is 18.0. The largest absolute Gasteiger partial charge is 0.497 e. The van der Waals surface area contributed by atoms with E-state index in [2.05, 4.69) is 16.2 Å². The lowest BCUT2D eigenvalue weighted by atomic mass is 10.1.